The maximum absolute atomic E-state index is 13.8. The van der Waals surface area contributed by atoms with Crippen LogP contribution in [-0.4, -0.2) is 24.3 Å². The van der Waals surface area contributed by atoms with Crippen molar-refractivity contribution < 1.29 is 18.8 Å². The smallest absolute Gasteiger partial charge is 0.257 e. The van der Waals surface area contributed by atoms with E-state index in [-0.39, 0.29) is 17.2 Å². The van der Waals surface area contributed by atoms with Gasteiger partial charge in [-0.1, -0.05) is 11.6 Å². The van der Waals surface area contributed by atoms with Gasteiger partial charge in [0.25, 0.3) is 5.91 Å². The third kappa shape index (κ3) is 4.25. The predicted molar refractivity (Wildman–Crippen MR) is 102 cm³/mol. The van der Waals surface area contributed by atoms with Gasteiger partial charge in [-0.05, 0) is 42.8 Å². The first-order valence-corrected chi connectivity index (χ1v) is 8.71. The van der Waals surface area contributed by atoms with Crippen LogP contribution < -0.4 is 15.5 Å². The fraction of sp³-hybridized carbons (Fsp3) is 0.211. The summed E-state index contributed by atoms with van der Waals surface area (Å²) in [7, 11) is 0. The first kappa shape index (κ1) is 18.8. The number of rotatable bonds is 4. The topological polar surface area (TPSA) is 78.5 Å². The Balaban J connectivity index is 1.89. The minimum atomic E-state index is -0.613. The molecule has 27 heavy (non-hydrogen) atoms. The standard InChI is InChI=1S/C19H17ClFN3O3/c1-11(25)22-16-10-13(5-7-15(16)21)23-19(27)14-6-4-12(20)9-17(14)24-8-2-3-18(24)26/h4-7,9-10H,2-3,8H2,1H3,(H,22,25)(H,23,27). The summed E-state index contributed by atoms with van der Waals surface area (Å²) in [6.07, 6.45) is 1.13. The number of carbonyl (C=O) groups excluding carboxylic acids is 3. The fourth-order valence-corrected chi connectivity index (χ4v) is 3.08. The highest BCUT2D eigenvalue weighted by Crippen LogP contribution is 2.29. The molecule has 0 spiro atoms. The summed E-state index contributed by atoms with van der Waals surface area (Å²) in [6.45, 7) is 1.78. The Morgan fingerprint density at radius 2 is 1.93 bits per heavy atom. The lowest BCUT2D eigenvalue weighted by Crippen LogP contribution is -2.27. The number of hydrogen-bond acceptors (Lipinski definition) is 3. The maximum atomic E-state index is 13.8. The van der Waals surface area contributed by atoms with Gasteiger partial charge in [0.15, 0.2) is 0 Å². The average Bonchev–Trinajstić information content (AvgIpc) is 3.03. The van der Waals surface area contributed by atoms with Crippen molar-refractivity contribution in [2.24, 2.45) is 0 Å². The van der Waals surface area contributed by atoms with Crippen LogP contribution in [-0.2, 0) is 9.59 Å². The first-order chi connectivity index (χ1) is 12.8. The molecule has 140 valence electrons. The van der Waals surface area contributed by atoms with Crippen molar-refractivity contribution in [2.75, 3.05) is 22.1 Å². The Kier molecular flexibility index (Phi) is 5.41. The Morgan fingerprint density at radius 1 is 1.15 bits per heavy atom. The van der Waals surface area contributed by atoms with E-state index in [4.69, 9.17) is 11.6 Å². The summed E-state index contributed by atoms with van der Waals surface area (Å²) in [5, 5.41) is 5.43. The van der Waals surface area contributed by atoms with Gasteiger partial charge in [0, 0.05) is 30.6 Å². The second kappa shape index (κ2) is 7.75. The normalized spacial score (nSPS) is 13.6. The molecule has 2 aromatic rings. The monoisotopic (exact) mass is 389 g/mol. The molecule has 3 rings (SSSR count). The minimum Gasteiger partial charge on any atom is -0.324 e. The quantitative estimate of drug-likeness (QED) is 0.834. The van der Waals surface area contributed by atoms with Gasteiger partial charge in [-0.15, -0.1) is 0 Å². The van der Waals surface area contributed by atoms with Crippen molar-refractivity contribution in [3.8, 4) is 0 Å². The van der Waals surface area contributed by atoms with Crippen LogP contribution in [0.2, 0.25) is 5.02 Å². The molecule has 8 heteroatoms. The van der Waals surface area contributed by atoms with Crippen LogP contribution in [0.25, 0.3) is 0 Å². The Labute approximate surface area is 160 Å². The number of anilines is 3. The summed E-state index contributed by atoms with van der Waals surface area (Å²) in [4.78, 5) is 37.5. The zero-order chi connectivity index (χ0) is 19.6. The molecular formula is C19H17ClFN3O3. The SMILES string of the molecule is CC(=O)Nc1cc(NC(=O)c2ccc(Cl)cc2N2CCCC2=O)ccc1F. The van der Waals surface area contributed by atoms with E-state index < -0.39 is 17.6 Å². The molecule has 2 N–H and O–H groups in total. The predicted octanol–water partition coefficient (Wildman–Crippen LogP) is 3.82. The highest BCUT2D eigenvalue weighted by atomic mass is 35.5. The van der Waals surface area contributed by atoms with Crippen LogP contribution in [0.4, 0.5) is 21.5 Å². The summed E-state index contributed by atoms with van der Waals surface area (Å²) in [5.74, 6) is -1.58. The Bertz CT molecular complexity index is 932. The van der Waals surface area contributed by atoms with Crippen molar-refractivity contribution in [3.05, 3.63) is 52.8 Å². The van der Waals surface area contributed by atoms with E-state index in [0.29, 0.717) is 35.8 Å². The second-order valence-electron chi connectivity index (χ2n) is 6.14. The van der Waals surface area contributed by atoms with E-state index in [1.807, 2.05) is 0 Å². The van der Waals surface area contributed by atoms with E-state index in [2.05, 4.69) is 10.6 Å². The van der Waals surface area contributed by atoms with Gasteiger partial charge in [0.05, 0.1) is 16.9 Å². The molecular weight excluding hydrogens is 373 g/mol. The molecule has 2 aromatic carbocycles. The number of nitrogens with zero attached hydrogens (tertiary/aromatic N) is 1. The molecule has 1 heterocycles. The van der Waals surface area contributed by atoms with E-state index in [1.165, 1.54) is 30.0 Å². The van der Waals surface area contributed by atoms with Gasteiger partial charge in [-0.2, -0.15) is 0 Å². The van der Waals surface area contributed by atoms with E-state index in [0.717, 1.165) is 6.07 Å². The van der Waals surface area contributed by atoms with Crippen LogP contribution >= 0.6 is 11.6 Å². The molecule has 0 radical (unpaired) electrons. The lowest BCUT2D eigenvalue weighted by molar-refractivity contribution is -0.117. The lowest BCUT2D eigenvalue weighted by Gasteiger charge is -2.20. The Hall–Kier alpha value is -2.93. The van der Waals surface area contributed by atoms with Crippen LogP contribution in [0.15, 0.2) is 36.4 Å². The number of amides is 3. The maximum Gasteiger partial charge on any atom is 0.257 e. The molecule has 0 bridgehead atoms. The second-order valence-corrected chi connectivity index (χ2v) is 6.58. The molecule has 3 amide bonds. The summed E-state index contributed by atoms with van der Waals surface area (Å²) in [6, 6.07) is 8.53. The van der Waals surface area contributed by atoms with Crippen LogP contribution in [0.1, 0.15) is 30.1 Å². The van der Waals surface area contributed by atoms with Crippen molar-refractivity contribution >= 4 is 46.4 Å². The van der Waals surface area contributed by atoms with Gasteiger partial charge in [0.1, 0.15) is 5.82 Å². The van der Waals surface area contributed by atoms with Gasteiger partial charge in [-0.3, -0.25) is 14.4 Å². The van der Waals surface area contributed by atoms with E-state index in [9.17, 15) is 18.8 Å². The molecule has 0 saturated carbocycles. The zero-order valence-corrected chi connectivity index (χ0v) is 15.3. The number of nitrogens with one attached hydrogen (secondary N) is 2. The van der Waals surface area contributed by atoms with Gasteiger partial charge < -0.3 is 15.5 Å². The zero-order valence-electron chi connectivity index (χ0n) is 14.5. The molecule has 6 nitrogen and oxygen atoms in total. The molecule has 1 saturated heterocycles. The molecule has 0 aromatic heterocycles. The third-order valence-electron chi connectivity index (χ3n) is 4.10. The van der Waals surface area contributed by atoms with Crippen molar-refractivity contribution in [2.45, 2.75) is 19.8 Å². The highest BCUT2D eigenvalue weighted by Gasteiger charge is 2.26. The Morgan fingerprint density at radius 3 is 2.59 bits per heavy atom. The average molecular weight is 390 g/mol. The lowest BCUT2D eigenvalue weighted by atomic mass is 10.1. The third-order valence-corrected chi connectivity index (χ3v) is 4.34. The van der Waals surface area contributed by atoms with Crippen molar-refractivity contribution in [1.29, 1.82) is 0 Å². The number of halogens is 2. The van der Waals surface area contributed by atoms with Crippen LogP contribution in [0, 0.1) is 5.82 Å². The summed E-state index contributed by atoms with van der Waals surface area (Å²) in [5.41, 5.74) is 0.983. The molecule has 1 aliphatic rings. The fourth-order valence-electron chi connectivity index (χ4n) is 2.91. The van der Waals surface area contributed by atoms with Gasteiger partial charge in [0.2, 0.25) is 11.8 Å². The molecule has 0 atom stereocenters. The first-order valence-electron chi connectivity index (χ1n) is 8.33. The highest BCUT2D eigenvalue weighted by molar-refractivity contribution is 6.31. The molecule has 1 aliphatic heterocycles. The van der Waals surface area contributed by atoms with Gasteiger partial charge in [-0.25, -0.2) is 4.39 Å². The van der Waals surface area contributed by atoms with Crippen LogP contribution in [0.3, 0.4) is 0 Å². The van der Waals surface area contributed by atoms with Crippen LogP contribution in [0.5, 0.6) is 0 Å². The molecule has 0 unspecified atom stereocenters. The minimum absolute atomic E-state index is 0.0358. The van der Waals surface area contributed by atoms with E-state index >= 15 is 0 Å². The van der Waals surface area contributed by atoms with Crippen molar-refractivity contribution in [3.63, 3.8) is 0 Å². The van der Waals surface area contributed by atoms with Crippen molar-refractivity contribution in [1.82, 2.24) is 0 Å². The number of carbonyl (C=O) groups is 3. The summed E-state index contributed by atoms with van der Waals surface area (Å²) >= 11 is 6.04. The van der Waals surface area contributed by atoms with E-state index in [1.54, 1.807) is 12.1 Å². The number of benzene rings is 2. The molecule has 1 fully saturated rings. The summed E-state index contributed by atoms with van der Waals surface area (Å²) < 4.78 is 13.8. The van der Waals surface area contributed by atoms with Gasteiger partial charge >= 0.3 is 0 Å². The largest absolute Gasteiger partial charge is 0.324 e. The number of hydrogen-bond donors (Lipinski definition) is 2. The molecule has 0 aliphatic carbocycles.